The number of pyridine rings is 1. The predicted molar refractivity (Wildman–Crippen MR) is 61.2 cm³/mol. The topological polar surface area (TPSA) is 56.3 Å². The smallest absolute Gasteiger partial charge is 0.143 e. The van der Waals surface area contributed by atoms with Gasteiger partial charge in [-0.1, -0.05) is 13.0 Å². The Labute approximate surface area is 95.9 Å². The first kappa shape index (κ1) is 12.5. The molecule has 88 valence electrons. The maximum absolute atomic E-state index is 11.1. The predicted octanol–water partition coefficient (Wildman–Crippen LogP) is 1.59. The highest BCUT2D eigenvalue weighted by Crippen LogP contribution is 2.21. The van der Waals surface area contributed by atoms with Gasteiger partial charge in [-0.05, 0) is 39.3 Å². The molecule has 0 atom stereocenters. The number of hydrogen-bond acceptors (Lipinski definition) is 3. The molecule has 0 fully saturated rings. The van der Waals surface area contributed by atoms with Crippen molar-refractivity contribution in [3.05, 3.63) is 23.9 Å². The summed E-state index contributed by atoms with van der Waals surface area (Å²) in [6.07, 6.45) is -0.452. The van der Waals surface area contributed by atoms with Crippen LogP contribution in [0.5, 0.6) is 0 Å². The third kappa shape index (κ3) is 2.72. The van der Waals surface area contributed by atoms with Crippen molar-refractivity contribution in [2.45, 2.75) is 39.7 Å². The van der Waals surface area contributed by atoms with Crippen molar-refractivity contribution < 1.29 is 9.90 Å². The van der Waals surface area contributed by atoms with Crippen molar-refractivity contribution in [3.8, 4) is 0 Å². The first-order chi connectivity index (χ1) is 7.36. The van der Waals surface area contributed by atoms with Gasteiger partial charge in [-0.2, -0.15) is 0 Å². The van der Waals surface area contributed by atoms with Crippen LogP contribution < -0.4 is 10.0 Å². The van der Waals surface area contributed by atoms with Crippen molar-refractivity contribution in [1.29, 1.82) is 0 Å². The number of hydrogen-bond donors (Lipinski definition) is 0. The van der Waals surface area contributed by atoms with Gasteiger partial charge in [0, 0.05) is 11.2 Å². The van der Waals surface area contributed by atoms with Crippen LogP contribution in [-0.4, -0.2) is 16.6 Å². The van der Waals surface area contributed by atoms with Crippen LogP contribution in [0.4, 0.5) is 10.6 Å². The van der Waals surface area contributed by atoms with Gasteiger partial charge in [-0.15, -0.1) is 0 Å². The van der Waals surface area contributed by atoms with E-state index in [0.29, 0.717) is 5.82 Å². The number of carbonyl (C=O) groups excluding carboxylic acids is 1. The Morgan fingerprint density at radius 2 is 2.06 bits per heavy atom. The van der Waals surface area contributed by atoms with Gasteiger partial charge >= 0.3 is 0 Å². The summed E-state index contributed by atoms with van der Waals surface area (Å²) < 4.78 is 0. The molecule has 16 heavy (non-hydrogen) atoms. The fourth-order valence-electron chi connectivity index (χ4n) is 1.50. The summed E-state index contributed by atoms with van der Waals surface area (Å²) in [6, 6.07) is 5.36. The molecule has 1 heterocycles. The van der Waals surface area contributed by atoms with Crippen LogP contribution in [0.15, 0.2) is 18.2 Å². The number of carbonyl (C=O) groups is 1. The summed E-state index contributed by atoms with van der Waals surface area (Å²) in [5.41, 5.74) is 0.311. The number of anilines is 1. The van der Waals surface area contributed by atoms with E-state index in [1.54, 1.807) is 6.07 Å². The molecule has 1 aromatic heterocycles. The number of rotatable bonds is 2. The average molecular weight is 221 g/mol. The monoisotopic (exact) mass is 221 g/mol. The maximum atomic E-state index is 11.1. The summed E-state index contributed by atoms with van der Waals surface area (Å²) in [6.45, 7) is 7.40. The summed E-state index contributed by atoms with van der Waals surface area (Å²) in [4.78, 5) is 16.6. The van der Waals surface area contributed by atoms with Gasteiger partial charge in [0.15, 0.2) is 0 Å². The summed E-state index contributed by atoms with van der Waals surface area (Å²) in [5.74, 6) is 0.423. The minimum Gasteiger partial charge on any atom is -0.530 e. The molecule has 4 heteroatoms. The van der Waals surface area contributed by atoms with Crippen LogP contribution in [-0.2, 0) is 6.42 Å². The molecule has 0 spiro atoms. The molecule has 0 saturated heterocycles. The van der Waals surface area contributed by atoms with Gasteiger partial charge in [0.1, 0.15) is 11.9 Å². The fourth-order valence-corrected chi connectivity index (χ4v) is 1.50. The molecule has 4 nitrogen and oxygen atoms in total. The van der Waals surface area contributed by atoms with Gasteiger partial charge < -0.3 is 14.8 Å². The van der Waals surface area contributed by atoms with Crippen LogP contribution in [0.3, 0.4) is 0 Å². The summed E-state index contributed by atoms with van der Waals surface area (Å²) >= 11 is 0. The minimum absolute atomic E-state index is 0.423. The first-order valence-electron chi connectivity index (χ1n) is 5.33. The van der Waals surface area contributed by atoms with E-state index in [9.17, 15) is 9.90 Å². The maximum Gasteiger partial charge on any atom is 0.143 e. The van der Waals surface area contributed by atoms with E-state index in [0.717, 1.165) is 12.1 Å². The van der Waals surface area contributed by atoms with E-state index in [2.05, 4.69) is 4.98 Å². The number of carboxylic acid groups (broad SMARTS) is 1. The van der Waals surface area contributed by atoms with Crippen molar-refractivity contribution in [3.63, 3.8) is 0 Å². The van der Waals surface area contributed by atoms with Crippen LogP contribution >= 0.6 is 0 Å². The highest BCUT2D eigenvalue weighted by Gasteiger charge is 2.23. The molecule has 0 aliphatic heterocycles. The molecule has 0 aliphatic rings. The van der Waals surface area contributed by atoms with E-state index < -0.39 is 11.6 Å². The zero-order valence-corrected chi connectivity index (χ0v) is 10.2. The lowest BCUT2D eigenvalue weighted by Gasteiger charge is -2.36. The van der Waals surface area contributed by atoms with E-state index >= 15 is 0 Å². The zero-order valence-electron chi connectivity index (χ0n) is 10.2. The quantitative estimate of drug-likeness (QED) is 0.762. The van der Waals surface area contributed by atoms with Crippen molar-refractivity contribution in [2.75, 3.05) is 4.90 Å². The van der Waals surface area contributed by atoms with Crippen LogP contribution in [0.1, 0.15) is 33.4 Å². The van der Waals surface area contributed by atoms with Crippen LogP contribution in [0.2, 0.25) is 0 Å². The van der Waals surface area contributed by atoms with Gasteiger partial charge in [-0.25, -0.2) is 4.98 Å². The van der Waals surface area contributed by atoms with Crippen molar-refractivity contribution in [1.82, 2.24) is 4.98 Å². The Morgan fingerprint density at radius 3 is 2.50 bits per heavy atom. The molecule has 1 amide bonds. The Hall–Kier alpha value is -1.58. The summed E-state index contributed by atoms with van der Waals surface area (Å²) in [5, 5.41) is 11.1. The Kier molecular flexibility index (Phi) is 3.52. The van der Waals surface area contributed by atoms with Crippen LogP contribution in [0.25, 0.3) is 0 Å². The molecule has 0 N–H and O–H groups in total. The van der Waals surface area contributed by atoms with Gasteiger partial charge in [-0.3, -0.25) is 0 Å². The number of nitrogens with zero attached hydrogens (tertiary/aromatic N) is 2. The molecule has 0 aliphatic carbocycles. The summed E-state index contributed by atoms with van der Waals surface area (Å²) in [7, 11) is 0. The molecule has 0 radical (unpaired) electrons. The lowest BCUT2D eigenvalue weighted by Crippen LogP contribution is -2.52. The molecule has 0 saturated carbocycles. The number of amides is 1. The molecular formula is C12H17N2O2-. The largest absolute Gasteiger partial charge is 0.530 e. The Bertz CT molecular complexity index is 383. The zero-order chi connectivity index (χ0) is 12.3. The lowest BCUT2D eigenvalue weighted by atomic mass is 10.1. The molecule has 1 rings (SSSR count). The Morgan fingerprint density at radius 1 is 1.44 bits per heavy atom. The van der Waals surface area contributed by atoms with Crippen molar-refractivity contribution in [2.24, 2.45) is 0 Å². The van der Waals surface area contributed by atoms with E-state index in [4.69, 9.17) is 0 Å². The van der Waals surface area contributed by atoms with Gasteiger partial charge in [0.2, 0.25) is 0 Å². The standard InChI is InChI=1S/C12H18N2O2/c1-5-9-7-6-8-10(13-9)14(11(15)16)12(2,3)4/h6-8H,5H2,1-4H3,(H,15,16)/p-1. The van der Waals surface area contributed by atoms with E-state index in [-0.39, 0.29) is 0 Å². The lowest BCUT2D eigenvalue weighted by molar-refractivity contribution is -0.247. The Balaban J connectivity index is 3.16. The van der Waals surface area contributed by atoms with E-state index in [1.165, 1.54) is 4.90 Å². The van der Waals surface area contributed by atoms with E-state index in [1.807, 2.05) is 39.8 Å². The SMILES string of the molecule is CCc1cccc(N(C(=O)[O-])C(C)(C)C)n1. The molecular weight excluding hydrogens is 204 g/mol. The molecule has 0 aromatic carbocycles. The van der Waals surface area contributed by atoms with Crippen molar-refractivity contribution >= 4 is 11.9 Å². The minimum atomic E-state index is -1.23. The second-order valence-electron chi connectivity index (χ2n) is 4.61. The highest BCUT2D eigenvalue weighted by molar-refractivity contribution is 5.84. The second-order valence-corrected chi connectivity index (χ2v) is 4.61. The van der Waals surface area contributed by atoms with Crippen LogP contribution in [0, 0.1) is 0 Å². The molecule has 0 unspecified atom stereocenters. The third-order valence-corrected chi connectivity index (χ3v) is 2.24. The third-order valence-electron chi connectivity index (χ3n) is 2.24. The highest BCUT2D eigenvalue weighted by atomic mass is 16.4. The molecule has 0 bridgehead atoms. The normalized spacial score (nSPS) is 11.2. The molecule has 1 aromatic rings. The fraction of sp³-hybridized carbons (Fsp3) is 0.500. The van der Waals surface area contributed by atoms with Gasteiger partial charge in [0.05, 0.1) is 0 Å². The first-order valence-corrected chi connectivity index (χ1v) is 5.33. The number of aryl methyl sites for hydroxylation is 1. The second kappa shape index (κ2) is 4.51. The van der Waals surface area contributed by atoms with Gasteiger partial charge in [0.25, 0.3) is 0 Å². The average Bonchev–Trinajstić information content (AvgIpc) is 2.15. The number of aromatic nitrogens is 1.